The zero-order valence-corrected chi connectivity index (χ0v) is 12.9. The van der Waals surface area contributed by atoms with E-state index in [4.69, 9.17) is 4.98 Å². The highest BCUT2D eigenvalue weighted by molar-refractivity contribution is 7.10. The number of aromatic nitrogens is 1. The number of benzene rings is 1. The first-order valence-corrected chi connectivity index (χ1v) is 8.38. The van der Waals surface area contributed by atoms with Gasteiger partial charge in [0.2, 0.25) is 0 Å². The summed E-state index contributed by atoms with van der Waals surface area (Å²) in [6, 6.07) is 13.2. The Morgan fingerprint density at radius 2 is 2.14 bits per heavy atom. The van der Waals surface area contributed by atoms with Gasteiger partial charge in [0.1, 0.15) is 5.82 Å². The molecule has 0 radical (unpaired) electrons. The molecule has 0 bridgehead atoms. The Kier molecular flexibility index (Phi) is 3.15. The van der Waals surface area contributed by atoms with Crippen LogP contribution in [-0.4, -0.2) is 4.98 Å². The van der Waals surface area contributed by atoms with Gasteiger partial charge in [-0.3, -0.25) is 0 Å². The third-order valence-corrected chi connectivity index (χ3v) is 5.27. The van der Waals surface area contributed by atoms with Crippen LogP contribution in [0, 0.1) is 6.92 Å². The average molecular weight is 294 g/mol. The van der Waals surface area contributed by atoms with Crippen LogP contribution in [0.3, 0.4) is 0 Å². The van der Waals surface area contributed by atoms with E-state index in [1.807, 2.05) is 17.4 Å². The van der Waals surface area contributed by atoms with Gasteiger partial charge in [-0.1, -0.05) is 18.2 Å². The normalized spacial score (nSPS) is 17.7. The maximum Gasteiger partial charge on any atom is 0.130 e. The molecule has 3 heteroatoms. The second-order valence-corrected chi connectivity index (χ2v) is 6.74. The molecule has 1 N–H and O–H groups in total. The highest BCUT2D eigenvalue weighted by Gasteiger charge is 2.21. The van der Waals surface area contributed by atoms with Crippen LogP contribution in [0.4, 0.5) is 5.82 Å². The fourth-order valence-electron chi connectivity index (χ4n) is 3.17. The molecule has 1 unspecified atom stereocenters. The van der Waals surface area contributed by atoms with Crippen molar-refractivity contribution in [2.24, 2.45) is 0 Å². The predicted octanol–water partition coefficient (Wildman–Crippen LogP) is 5.09. The largest absolute Gasteiger partial charge is 0.363 e. The number of aryl methyl sites for hydroxylation is 2. The van der Waals surface area contributed by atoms with Crippen molar-refractivity contribution >= 4 is 28.1 Å². The van der Waals surface area contributed by atoms with E-state index in [0.29, 0.717) is 6.04 Å². The lowest BCUT2D eigenvalue weighted by Gasteiger charge is -2.25. The Morgan fingerprint density at radius 3 is 3.10 bits per heavy atom. The highest BCUT2D eigenvalue weighted by Crippen LogP contribution is 2.36. The minimum absolute atomic E-state index is 0.410. The van der Waals surface area contributed by atoms with E-state index in [0.717, 1.165) is 11.3 Å². The highest BCUT2D eigenvalue weighted by atomic mass is 32.1. The fraction of sp³-hybridized carbons (Fsp3) is 0.278. The number of hydrogen-bond donors (Lipinski definition) is 1. The van der Waals surface area contributed by atoms with Crippen molar-refractivity contribution in [2.45, 2.75) is 32.2 Å². The van der Waals surface area contributed by atoms with E-state index < -0.39 is 0 Å². The van der Waals surface area contributed by atoms with Crippen LogP contribution in [0.2, 0.25) is 0 Å². The minimum Gasteiger partial charge on any atom is -0.363 e. The lowest BCUT2D eigenvalue weighted by molar-refractivity contribution is 0.607. The molecule has 3 aromatic rings. The van der Waals surface area contributed by atoms with Crippen LogP contribution in [-0.2, 0) is 6.42 Å². The van der Waals surface area contributed by atoms with Crippen molar-refractivity contribution < 1.29 is 0 Å². The van der Waals surface area contributed by atoms with Crippen LogP contribution in [0.1, 0.15) is 34.9 Å². The van der Waals surface area contributed by atoms with Crippen molar-refractivity contribution in [3.05, 3.63) is 57.8 Å². The molecule has 0 aliphatic heterocycles. The Labute approximate surface area is 128 Å². The summed E-state index contributed by atoms with van der Waals surface area (Å²) in [7, 11) is 0. The van der Waals surface area contributed by atoms with Gasteiger partial charge in [0.15, 0.2) is 0 Å². The topological polar surface area (TPSA) is 24.9 Å². The first kappa shape index (κ1) is 12.8. The number of nitrogens with one attached hydrogen (secondary N) is 1. The lowest BCUT2D eigenvalue weighted by Crippen LogP contribution is -2.17. The molecule has 4 rings (SSSR count). The Hall–Kier alpha value is -1.87. The molecular formula is C18H18N2S. The second kappa shape index (κ2) is 5.15. The SMILES string of the molecule is Cc1cc2ccccc2nc1NC1CCCc2sccc21. The van der Waals surface area contributed by atoms with Gasteiger partial charge in [-0.05, 0) is 60.9 Å². The van der Waals surface area contributed by atoms with Crippen LogP contribution >= 0.6 is 11.3 Å². The van der Waals surface area contributed by atoms with E-state index in [9.17, 15) is 0 Å². The van der Waals surface area contributed by atoms with Gasteiger partial charge in [0, 0.05) is 10.3 Å². The maximum atomic E-state index is 4.82. The first-order valence-electron chi connectivity index (χ1n) is 7.50. The van der Waals surface area contributed by atoms with Gasteiger partial charge in [0.25, 0.3) is 0 Å². The minimum atomic E-state index is 0.410. The molecule has 2 aromatic heterocycles. The molecule has 2 nitrogen and oxygen atoms in total. The second-order valence-electron chi connectivity index (χ2n) is 5.73. The van der Waals surface area contributed by atoms with Gasteiger partial charge >= 0.3 is 0 Å². The molecule has 0 amide bonds. The van der Waals surface area contributed by atoms with Crippen LogP contribution in [0.5, 0.6) is 0 Å². The summed E-state index contributed by atoms with van der Waals surface area (Å²) >= 11 is 1.89. The molecular weight excluding hydrogens is 276 g/mol. The molecule has 0 fully saturated rings. The number of thiophene rings is 1. The molecule has 21 heavy (non-hydrogen) atoms. The smallest absolute Gasteiger partial charge is 0.130 e. The standard InChI is InChI=1S/C18H18N2S/c1-12-11-13-5-2-3-6-15(13)19-18(12)20-16-7-4-8-17-14(16)9-10-21-17/h2-3,5-6,9-11,16H,4,7-8H2,1H3,(H,19,20). The number of pyridine rings is 1. The quantitative estimate of drug-likeness (QED) is 0.711. The van der Waals surface area contributed by atoms with Gasteiger partial charge in [-0.2, -0.15) is 0 Å². The molecule has 106 valence electrons. The van der Waals surface area contributed by atoms with Crippen molar-refractivity contribution in [3.63, 3.8) is 0 Å². The Balaban J connectivity index is 1.71. The molecule has 2 heterocycles. The van der Waals surface area contributed by atoms with Crippen LogP contribution in [0.25, 0.3) is 10.9 Å². The van der Waals surface area contributed by atoms with E-state index in [2.05, 4.69) is 48.0 Å². The van der Waals surface area contributed by atoms with Crippen molar-refractivity contribution in [1.29, 1.82) is 0 Å². The fourth-order valence-corrected chi connectivity index (χ4v) is 4.16. The Morgan fingerprint density at radius 1 is 1.24 bits per heavy atom. The lowest BCUT2D eigenvalue weighted by atomic mass is 9.94. The third kappa shape index (κ3) is 2.32. The van der Waals surface area contributed by atoms with Gasteiger partial charge in [0.05, 0.1) is 11.6 Å². The molecule has 1 aliphatic rings. The van der Waals surface area contributed by atoms with Crippen molar-refractivity contribution in [1.82, 2.24) is 4.98 Å². The summed E-state index contributed by atoms with van der Waals surface area (Å²) in [5.41, 5.74) is 3.75. The summed E-state index contributed by atoms with van der Waals surface area (Å²) < 4.78 is 0. The number of rotatable bonds is 2. The Bertz CT molecular complexity index is 791. The molecule has 1 atom stereocenters. The van der Waals surface area contributed by atoms with E-state index >= 15 is 0 Å². The number of hydrogen-bond acceptors (Lipinski definition) is 3. The molecule has 1 aromatic carbocycles. The van der Waals surface area contributed by atoms with Gasteiger partial charge in [-0.25, -0.2) is 4.98 Å². The monoisotopic (exact) mass is 294 g/mol. The molecule has 0 saturated heterocycles. The summed E-state index contributed by atoms with van der Waals surface area (Å²) in [5, 5.41) is 7.10. The average Bonchev–Trinajstić information content (AvgIpc) is 2.97. The van der Waals surface area contributed by atoms with E-state index in [-0.39, 0.29) is 0 Å². The molecule has 0 saturated carbocycles. The maximum absolute atomic E-state index is 4.82. The van der Waals surface area contributed by atoms with Crippen LogP contribution in [0.15, 0.2) is 41.8 Å². The predicted molar refractivity (Wildman–Crippen MR) is 90.1 cm³/mol. The third-order valence-electron chi connectivity index (χ3n) is 4.28. The number of anilines is 1. The molecule has 0 spiro atoms. The van der Waals surface area contributed by atoms with Crippen LogP contribution < -0.4 is 5.32 Å². The summed E-state index contributed by atoms with van der Waals surface area (Å²) in [5.74, 6) is 1.03. The number of nitrogens with zero attached hydrogens (tertiary/aromatic N) is 1. The van der Waals surface area contributed by atoms with E-state index in [1.54, 1.807) is 0 Å². The summed E-state index contributed by atoms with van der Waals surface area (Å²) in [6.07, 6.45) is 3.69. The zero-order chi connectivity index (χ0) is 14.2. The zero-order valence-electron chi connectivity index (χ0n) is 12.1. The van der Waals surface area contributed by atoms with Crippen molar-refractivity contribution in [3.8, 4) is 0 Å². The van der Waals surface area contributed by atoms with Gasteiger partial charge < -0.3 is 5.32 Å². The molecule has 1 aliphatic carbocycles. The summed E-state index contributed by atoms with van der Waals surface area (Å²) in [4.78, 5) is 6.36. The first-order chi connectivity index (χ1) is 10.3. The van der Waals surface area contributed by atoms with Crippen molar-refractivity contribution in [2.75, 3.05) is 5.32 Å². The van der Waals surface area contributed by atoms with Gasteiger partial charge in [-0.15, -0.1) is 11.3 Å². The van der Waals surface area contributed by atoms with E-state index in [1.165, 1.54) is 40.7 Å². The number of fused-ring (bicyclic) bond motifs is 2. The summed E-state index contributed by atoms with van der Waals surface area (Å²) in [6.45, 7) is 2.14. The number of para-hydroxylation sites is 1.